The maximum Gasteiger partial charge on any atom is 0.419 e. The Morgan fingerprint density at radius 2 is 1.81 bits per heavy atom. The Morgan fingerprint density at radius 3 is 2.43 bits per heavy atom. The van der Waals surface area contributed by atoms with Gasteiger partial charge in [0.1, 0.15) is 5.82 Å². The number of halogens is 5. The van der Waals surface area contributed by atoms with Gasteiger partial charge in [-0.2, -0.15) is 13.2 Å². The summed E-state index contributed by atoms with van der Waals surface area (Å²) in [5.41, 5.74) is -1.33. The van der Waals surface area contributed by atoms with Crippen LogP contribution in [0.15, 0.2) is 46.9 Å². The number of nitrogens with one attached hydrogen (secondary N) is 1. The van der Waals surface area contributed by atoms with Gasteiger partial charge in [0.25, 0.3) is 5.91 Å². The quantitative estimate of drug-likeness (QED) is 0.760. The predicted molar refractivity (Wildman–Crippen MR) is 73.5 cm³/mol. The van der Waals surface area contributed by atoms with Gasteiger partial charge in [-0.05, 0) is 36.4 Å². The third-order valence-electron chi connectivity index (χ3n) is 2.62. The van der Waals surface area contributed by atoms with Crippen molar-refractivity contribution >= 4 is 27.5 Å². The number of benzene rings is 2. The minimum Gasteiger partial charge on any atom is -0.322 e. The molecule has 0 aliphatic heterocycles. The summed E-state index contributed by atoms with van der Waals surface area (Å²) in [5.74, 6) is -2.17. The SMILES string of the molecule is O=C(Nc1cccc(Br)c1)c1ccc(F)c(C(F)(F)F)c1. The van der Waals surface area contributed by atoms with Gasteiger partial charge in [0.2, 0.25) is 0 Å². The van der Waals surface area contributed by atoms with Crippen LogP contribution in [0.4, 0.5) is 23.2 Å². The normalized spacial score (nSPS) is 11.3. The van der Waals surface area contributed by atoms with Gasteiger partial charge in [0, 0.05) is 15.7 Å². The zero-order chi connectivity index (χ0) is 15.6. The van der Waals surface area contributed by atoms with Crippen LogP contribution in [-0.2, 0) is 6.18 Å². The van der Waals surface area contributed by atoms with E-state index in [2.05, 4.69) is 21.2 Å². The van der Waals surface area contributed by atoms with E-state index >= 15 is 0 Å². The maximum absolute atomic E-state index is 13.2. The van der Waals surface area contributed by atoms with Crippen LogP contribution >= 0.6 is 15.9 Å². The van der Waals surface area contributed by atoms with Crippen molar-refractivity contribution < 1.29 is 22.4 Å². The predicted octanol–water partition coefficient (Wildman–Crippen LogP) is 4.86. The molecule has 0 saturated carbocycles. The molecule has 0 heterocycles. The van der Waals surface area contributed by atoms with Crippen LogP contribution in [0.3, 0.4) is 0 Å². The molecule has 7 heteroatoms. The lowest BCUT2D eigenvalue weighted by atomic mass is 10.1. The fraction of sp³-hybridized carbons (Fsp3) is 0.0714. The molecule has 2 aromatic carbocycles. The van der Waals surface area contributed by atoms with Gasteiger partial charge in [-0.25, -0.2) is 4.39 Å². The van der Waals surface area contributed by atoms with Crippen molar-refractivity contribution in [3.63, 3.8) is 0 Å². The van der Waals surface area contributed by atoms with E-state index in [9.17, 15) is 22.4 Å². The van der Waals surface area contributed by atoms with Crippen LogP contribution in [0.5, 0.6) is 0 Å². The molecule has 2 nitrogen and oxygen atoms in total. The molecule has 1 amide bonds. The smallest absolute Gasteiger partial charge is 0.322 e. The molecule has 2 rings (SSSR count). The zero-order valence-corrected chi connectivity index (χ0v) is 11.9. The highest BCUT2D eigenvalue weighted by molar-refractivity contribution is 9.10. The van der Waals surface area contributed by atoms with Crippen molar-refractivity contribution in [2.75, 3.05) is 5.32 Å². The monoisotopic (exact) mass is 361 g/mol. The Hall–Kier alpha value is -1.89. The first-order valence-corrected chi connectivity index (χ1v) is 6.50. The van der Waals surface area contributed by atoms with Crippen molar-refractivity contribution in [3.8, 4) is 0 Å². The highest BCUT2D eigenvalue weighted by Crippen LogP contribution is 2.32. The second-order valence-electron chi connectivity index (χ2n) is 4.16. The van der Waals surface area contributed by atoms with Crippen molar-refractivity contribution in [2.24, 2.45) is 0 Å². The number of anilines is 1. The molecular weight excluding hydrogens is 354 g/mol. The number of hydrogen-bond donors (Lipinski definition) is 1. The standard InChI is InChI=1S/C14H8BrF4NO/c15-9-2-1-3-10(7-9)20-13(21)8-4-5-12(16)11(6-8)14(17,18)19/h1-7H,(H,20,21). The lowest BCUT2D eigenvalue weighted by molar-refractivity contribution is -0.140. The van der Waals surface area contributed by atoms with Crippen LogP contribution < -0.4 is 5.32 Å². The molecule has 0 spiro atoms. The number of alkyl halides is 3. The summed E-state index contributed by atoms with van der Waals surface area (Å²) in [6.07, 6.45) is -4.85. The number of carbonyl (C=O) groups excluding carboxylic acids is 1. The van der Waals surface area contributed by atoms with Gasteiger partial charge in [-0.3, -0.25) is 4.79 Å². The van der Waals surface area contributed by atoms with Crippen LogP contribution in [0.2, 0.25) is 0 Å². The molecule has 0 atom stereocenters. The van der Waals surface area contributed by atoms with Crippen molar-refractivity contribution in [1.29, 1.82) is 0 Å². The molecule has 21 heavy (non-hydrogen) atoms. The Balaban J connectivity index is 2.28. The minimum absolute atomic E-state index is 0.274. The highest BCUT2D eigenvalue weighted by atomic mass is 79.9. The van der Waals surface area contributed by atoms with E-state index in [-0.39, 0.29) is 5.56 Å². The molecule has 0 fully saturated rings. The average molecular weight is 362 g/mol. The molecule has 2 aromatic rings. The fourth-order valence-electron chi connectivity index (χ4n) is 1.65. The van der Waals surface area contributed by atoms with Gasteiger partial charge < -0.3 is 5.32 Å². The largest absolute Gasteiger partial charge is 0.419 e. The average Bonchev–Trinajstić information content (AvgIpc) is 2.37. The highest BCUT2D eigenvalue weighted by Gasteiger charge is 2.34. The summed E-state index contributed by atoms with van der Waals surface area (Å²) >= 11 is 3.21. The molecule has 0 unspecified atom stereocenters. The van der Waals surface area contributed by atoms with Crippen molar-refractivity contribution in [3.05, 3.63) is 63.9 Å². The molecule has 0 aliphatic rings. The molecule has 0 saturated heterocycles. The molecule has 0 aromatic heterocycles. The summed E-state index contributed by atoms with van der Waals surface area (Å²) in [7, 11) is 0. The third-order valence-corrected chi connectivity index (χ3v) is 3.11. The van der Waals surface area contributed by atoms with Crippen LogP contribution in [0.1, 0.15) is 15.9 Å². The first-order valence-electron chi connectivity index (χ1n) is 5.71. The lowest BCUT2D eigenvalue weighted by Crippen LogP contribution is -2.15. The van der Waals surface area contributed by atoms with Gasteiger partial charge >= 0.3 is 6.18 Å². The van der Waals surface area contributed by atoms with Gasteiger partial charge in [0.15, 0.2) is 0 Å². The Labute approximate surface area is 125 Å². The lowest BCUT2D eigenvalue weighted by Gasteiger charge is -2.10. The molecule has 0 bridgehead atoms. The molecule has 0 radical (unpaired) electrons. The Bertz CT molecular complexity index is 685. The van der Waals surface area contributed by atoms with Gasteiger partial charge in [0.05, 0.1) is 5.56 Å². The summed E-state index contributed by atoms with van der Waals surface area (Å²) in [4.78, 5) is 11.9. The van der Waals surface area contributed by atoms with E-state index in [1.165, 1.54) is 0 Å². The second-order valence-corrected chi connectivity index (χ2v) is 5.07. The second kappa shape index (κ2) is 5.85. The molecular formula is C14H8BrF4NO. The minimum atomic E-state index is -4.85. The maximum atomic E-state index is 13.2. The van der Waals surface area contributed by atoms with E-state index in [4.69, 9.17) is 0 Å². The van der Waals surface area contributed by atoms with Crippen molar-refractivity contribution in [1.82, 2.24) is 0 Å². The molecule has 110 valence electrons. The number of carbonyl (C=O) groups is 1. The number of rotatable bonds is 2. The first kappa shape index (κ1) is 15.5. The zero-order valence-electron chi connectivity index (χ0n) is 10.3. The fourth-order valence-corrected chi connectivity index (χ4v) is 2.05. The van der Waals surface area contributed by atoms with E-state index < -0.39 is 23.5 Å². The van der Waals surface area contributed by atoms with E-state index in [0.29, 0.717) is 22.3 Å². The van der Waals surface area contributed by atoms with Crippen LogP contribution in [-0.4, -0.2) is 5.91 Å². The van der Waals surface area contributed by atoms with Gasteiger partial charge in [-0.15, -0.1) is 0 Å². The van der Waals surface area contributed by atoms with Crippen LogP contribution in [0.25, 0.3) is 0 Å². The summed E-state index contributed by atoms with van der Waals surface area (Å²) in [6.45, 7) is 0. The molecule has 1 N–H and O–H groups in total. The van der Waals surface area contributed by atoms with E-state index in [0.717, 1.165) is 6.07 Å². The Morgan fingerprint density at radius 1 is 1.10 bits per heavy atom. The van der Waals surface area contributed by atoms with Crippen molar-refractivity contribution in [2.45, 2.75) is 6.18 Å². The Kier molecular flexibility index (Phi) is 4.32. The third kappa shape index (κ3) is 3.81. The summed E-state index contributed by atoms with van der Waals surface area (Å²) in [6, 6.07) is 8.67. The topological polar surface area (TPSA) is 29.1 Å². The number of hydrogen-bond acceptors (Lipinski definition) is 1. The van der Waals surface area contributed by atoms with E-state index in [1.807, 2.05) is 0 Å². The summed E-state index contributed by atoms with van der Waals surface area (Å²) < 4.78 is 51.6. The van der Waals surface area contributed by atoms with Gasteiger partial charge in [-0.1, -0.05) is 22.0 Å². The molecule has 0 aliphatic carbocycles. The van der Waals surface area contributed by atoms with E-state index in [1.54, 1.807) is 24.3 Å². The number of amides is 1. The summed E-state index contributed by atoms with van der Waals surface area (Å²) in [5, 5.41) is 2.44. The van der Waals surface area contributed by atoms with Crippen LogP contribution in [0, 0.1) is 5.82 Å². The first-order chi connectivity index (χ1) is 9.77.